The first-order valence-corrected chi connectivity index (χ1v) is 9.85. The van der Waals surface area contributed by atoms with Crippen molar-refractivity contribution in [3.8, 4) is 0 Å². The van der Waals surface area contributed by atoms with Crippen LogP contribution < -0.4 is 4.90 Å². The van der Waals surface area contributed by atoms with Crippen molar-refractivity contribution in [2.24, 2.45) is 0 Å². The number of nitrogens with zero attached hydrogens (tertiary/aromatic N) is 3. The Morgan fingerprint density at radius 3 is 2.48 bits per heavy atom. The normalized spacial score (nSPS) is 18.1. The molecule has 1 aromatic heterocycles. The molecule has 2 aromatic rings. The summed E-state index contributed by atoms with van der Waals surface area (Å²) in [6.07, 6.45) is 4.59. The van der Waals surface area contributed by atoms with Gasteiger partial charge in [-0.15, -0.1) is 0 Å². The molecule has 0 aliphatic carbocycles. The number of fused-ring (bicyclic) bond motifs is 5. The van der Waals surface area contributed by atoms with Gasteiger partial charge in [-0.2, -0.15) is 0 Å². The molecule has 7 nitrogen and oxygen atoms in total. The number of carboxylic acid groups (broad SMARTS) is 2. The summed E-state index contributed by atoms with van der Waals surface area (Å²) in [6.45, 7) is 7.95. The maximum absolute atomic E-state index is 9.55. The molecule has 2 N–H and O–H groups in total. The van der Waals surface area contributed by atoms with E-state index in [9.17, 15) is 9.59 Å². The molecule has 2 aliphatic rings. The molecule has 0 spiro atoms. The van der Waals surface area contributed by atoms with Gasteiger partial charge in [-0.25, -0.2) is 9.59 Å². The molecule has 1 saturated heterocycles. The number of aromatic nitrogens is 1. The van der Waals surface area contributed by atoms with E-state index in [1.807, 2.05) is 0 Å². The summed E-state index contributed by atoms with van der Waals surface area (Å²) in [7, 11) is 0. The van der Waals surface area contributed by atoms with Gasteiger partial charge in [-0.3, -0.25) is 4.90 Å². The predicted molar refractivity (Wildman–Crippen MR) is 111 cm³/mol. The van der Waals surface area contributed by atoms with Crippen LogP contribution in [0, 0.1) is 0 Å². The number of anilines is 1. The fourth-order valence-corrected chi connectivity index (χ4v) is 4.02. The van der Waals surface area contributed by atoms with Crippen LogP contribution in [0.4, 0.5) is 5.69 Å². The second kappa shape index (κ2) is 9.43. The van der Waals surface area contributed by atoms with Crippen molar-refractivity contribution < 1.29 is 19.8 Å². The van der Waals surface area contributed by atoms with Crippen LogP contribution in [0.15, 0.2) is 54.7 Å². The Bertz CT molecular complexity index is 874. The number of carbonyl (C=O) groups is 2. The molecule has 0 saturated carbocycles. The SMILES string of the molecule is CCCN1CCN2c3ccccc3Cn3cccc3C2C1.O=C(O)/C=C\C(=O)O. The lowest BCUT2D eigenvalue weighted by molar-refractivity contribution is -0.134. The molecule has 0 amide bonds. The van der Waals surface area contributed by atoms with Crippen LogP contribution >= 0.6 is 0 Å². The molecule has 3 heterocycles. The second-order valence-electron chi connectivity index (χ2n) is 7.21. The summed E-state index contributed by atoms with van der Waals surface area (Å²) in [6, 6.07) is 13.9. The van der Waals surface area contributed by atoms with E-state index in [2.05, 4.69) is 63.9 Å². The van der Waals surface area contributed by atoms with Crippen molar-refractivity contribution in [2.45, 2.75) is 25.9 Å². The Hall–Kier alpha value is -3.06. The summed E-state index contributed by atoms with van der Waals surface area (Å²) >= 11 is 0. The van der Waals surface area contributed by atoms with E-state index in [0.717, 1.165) is 19.6 Å². The maximum atomic E-state index is 9.55. The van der Waals surface area contributed by atoms with Crippen molar-refractivity contribution in [1.82, 2.24) is 9.47 Å². The Morgan fingerprint density at radius 2 is 1.79 bits per heavy atom. The van der Waals surface area contributed by atoms with Gasteiger partial charge in [0.2, 0.25) is 0 Å². The maximum Gasteiger partial charge on any atom is 0.328 e. The first kappa shape index (κ1) is 20.7. The Labute approximate surface area is 170 Å². The topological polar surface area (TPSA) is 86.0 Å². The van der Waals surface area contributed by atoms with Gasteiger partial charge in [-0.05, 0) is 36.7 Å². The molecule has 0 radical (unpaired) electrons. The van der Waals surface area contributed by atoms with Crippen LogP contribution in [-0.4, -0.2) is 57.8 Å². The summed E-state index contributed by atoms with van der Waals surface area (Å²) in [5.74, 6) is -2.51. The third kappa shape index (κ3) is 5.06. The number of rotatable bonds is 4. The minimum Gasteiger partial charge on any atom is -0.478 e. The van der Waals surface area contributed by atoms with Crippen molar-refractivity contribution in [1.29, 1.82) is 0 Å². The standard InChI is InChI=1S/C18H23N3.C4H4O4/c1-2-9-19-11-12-21-16-7-4-3-6-15(16)13-20-10-5-8-17(20)18(21)14-19;5-3(6)1-2-4(7)8/h3-8,10,18H,2,9,11-14H2,1H3;1-2H,(H,5,6)(H,7,8)/b;2-1-. The van der Waals surface area contributed by atoms with Crippen LogP contribution in [0.5, 0.6) is 0 Å². The number of hydrogen-bond donors (Lipinski definition) is 2. The summed E-state index contributed by atoms with van der Waals surface area (Å²) in [5, 5.41) is 15.6. The third-order valence-electron chi connectivity index (χ3n) is 5.22. The molecule has 4 rings (SSSR count). The Balaban J connectivity index is 0.000000258. The van der Waals surface area contributed by atoms with Gasteiger partial charge in [0.25, 0.3) is 0 Å². The second-order valence-corrected chi connectivity index (χ2v) is 7.21. The lowest BCUT2D eigenvalue weighted by Crippen LogP contribution is -2.48. The molecule has 0 bridgehead atoms. The first-order chi connectivity index (χ1) is 14.0. The van der Waals surface area contributed by atoms with Crippen molar-refractivity contribution in [3.63, 3.8) is 0 Å². The minimum absolute atomic E-state index is 0.490. The molecule has 7 heteroatoms. The van der Waals surface area contributed by atoms with Crippen LogP contribution in [0.2, 0.25) is 0 Å². The quantitative estimate of drug-likeness (QED) is 0.772. The summed E-state index contributed by atoms with van der Waals surface area (Å²) in [4.78, 5) is 24.4. The van der Waals surface area contributed by atoms with Gasteiger partial charge < -0.3 is 19.7 Å². The van der Waals surface area contributed by atoms with Gasteiger partial charge in [-0.1, -0.05) is 25.1 Å². The summed E-state index contributed by atoms with van der Waals surface area (Å²) in [5.41, 5.74) is 4.34. The van der Waals surface area contributed by atoms with Crippen LogP contribution in [-0.2, 0) is 16.1 Å². The van der Waals surface area contributed by atoms with E-state index in [1.54, 1.807) is 0 Å². The monoisotopic (exact) mass is 397 g/mol. The van der Waals surface area contributed by atoms with Crippen LogP contribution in [0.25, 0.3) is 0 Å². The molecule has 154 valence electrons. The zero-order valence-electron chi connectivity index (χ0n) is 16.6. The highest BCUT2D eigenvalue weighted by atomic mass is 16.4. The van der Waals surface area contributed by atoms with Gasteiger partial charge in [0.05, 0.1) is 6.04 Å². The highest BCUT2D eigenvalue weighted by Gasteiger charge is 2.32. The number of piperazine rings is 1. The van der Waals surface area contributed by atoms with Gasteiger partial charge in [0, 0.05) is 55.9 Å². The lowest BCUT2D eigenvalue weighted by Gasteiger charge is -2.42. The Morgan fingerprint density at radius 1 is 1.07 bits per heavy atom. The molecule has 29 heavy (non-hydrogen) atoms. The third-order valence-corrected chi connectivity index (χ3v) is 5.22. The number of aliphatic carboxylic acids is 2. The zero-order valence-corrected chi connectivity index (χ0v) is 16.6. The Kier molecular flexibility index (Phi) is 6.72. The first-order valence-electron chi connectivity index (χ1n) is 9.85. The van der Waals surface area contributed by atoms with Gasteiger partial charge >= 0.3 is 11.9 Å². The number of carboxylic acids is 2. The van der Waals surface area contributed by atoms with Crippen molar-refractivity contribution >= 4 is 17.6 Å². The number of para-hydroxylation sites is 1. The summed E-state index contributed by atoms with van der Waals surface area (Å²) < 4.78 is 2.43. The van der Waals surface area contributed by atoms with Gasteiger partial charge in [0.15, 0.2) is 0 Å². The van der Waals surface area contributed by atoms with Gasteiger partial charge in [0.1, 0.15) is 0 Å². The molecular weight excluding hydrogens is 370 g/mol. The molecule has 1 atom stereocenters. The zero-order chi connectivity index (χ0) is 20.8. The average molecular weight is 397 g/mol. The van der Waals surface area contributed by atoms with E-state index < -0.39 is 11.9 Å². The van der Waals surface area contributed by atoms with E-state index in [1.165, 1.54) is 36.5 Å². The highest BCUT2D eigenvalue weighted by molar-refractivity contribution is 5.89. The van der Waals surface area contributed by atoms with Crippen molar-refractivity contribution in [2.75, 3.05) is 31.1 Å². The largest absolute Gasteiger partial charge is 0.478 e. The average Bonchev–Trinajstić information content (AvgIpc) is 3.11. The fourth-order valence-electron chi connectivity index (χ4n) is 4.02. The molecular formula is C22H27N3O4. The molecule has 1 aromatic carbocycles. The van der Waals surface area contributed by atoms with Crippen LogP contribution in [0.3, 0.4) is 0 Å². The molecule has 1 fully saturated rings. The lowest BCUT2D eigenvalue weighted by atomic mass is 10.1. The molecule has 2 aliphatic heterocycles. The minimum atomic E-state index is -1.26. The smallest absolute Gasteiger partial charge is 0.328 e. The molecule has 1 unspecified atom stereocenters. The fraction of sp³-hybridized carbons (Fsp3) is 0.364. The van der Waals surface area contributed by atoms with Crippen LogP contribution in [0.1, 0.15) is 30.6 Å². The predicted octanol–water partition coefficient (Wildman–Crippen LogP) is 2.83. The number of hydrogen-bond acceptors (Lipinski definition) is 4. The highest BCUT2D eigenvalue weighted by Crippen LogP contribution is 2.36. The van der Waals surface area contributed by atoms with E-state index in [0.29, 0.717) is 18.2 Å². The van der Waals surface area contributed by atoms with Crippen molar-refractivity contribution in [3.05, 3.63) is 66.0 Å². The number of benzene rings is 1. The van der Waals surface area contributed by atoms with E-state index in [-0.39, 0.29) is 0 Å². The van der Waals surface area contributed by atoms with E-state index >= 15 is 0 Å². The van der Waals surface area contributed by atoms with E-state index in [4.69, 9.17) is 10.2 Å².